The van der Waals surface area contributed by atoms with Crippen LogP contribution in [-0.2, 0) is 19.6 Å². The fourth-order valence-electron chi connectivity index (χ4n) is 2.55. The third-order valence-electron chi connectivity index (χ3n) is 4.19. The number of hydrogen-bond donors (Lipinski definition) is 2. The molecule has 0 aliphatic heterocycles. The first-order valence-corrected chi connectivity index (χ1v) is 11.3. The molecule has 0 aliphatic rings. The van der Waals surface area contributed by atoms with Crippen LogP contribution in [0.25, 0.3) is 0 Å². The molecule has 0 aliphatic carbocycles. The van der Waals surface area contributed by atoms with E-state index in [1.165, 1.54) is 25.1 Å². The van der Waals surface area contributed by atoms with Gasteiger partial charge in [0.1, 0.15) is 0 Å². The maximum Gasteiger partial charge on any atom is 0.338 e. The molecular weight excluding hydrogens is 463 g/mol. The standard InChI is InChI=1S/C21H20Cl2N2O5S/c1-4-10-24-31(28,29)17-7-5-6-15(11-17)21(27)30-14(3)20(26)25-13(2)18-9-8-16(22)12-19(18)23/h1,5-9,11-14,24H,10H2,2-3H3,(H,25,26). The van der Waals surface area contributed by atoms with Gasteiger partial charge in [0.05, 0.1) is 23.0 Å². The second-order valence-electron chi connectivity index (χ2n) is 6.50. The van der Waals surface area contributed by atoms with Crippen LogP contribution in [0.5, 0.6) is 0 Å². The molecule has 0 spiro atoms. The van der Waals surface area contributed by atoms with Crippen molar-refractivity contribution in [2.24, 2.45) is 0 Å². The summed E-state index contributed by atoms with van der Waals surface area (Å²) in [7, 11) is -3.88. The fourth-order valence-corrected chi connectivity index (χ4v) is 4.11. The number of hydrogen-bond acceptors (Lipinski definition) is 5. The smallest absolute Gasteiger partial charge is 0.338 e. The summed E-state index contributed by atoms with van der Waals surface area (Å²) in [6.45, 7) is 2.93. The van der Waals surface area contributed by atoms with Gasteiger partial charge in [-0.1, -0.05) is 41.3 Å². The third kappa shape index (κ3) is 6.71. The van der Waals surface area contributed by atoms with Crippen LogP contribution in [0, 0.1) is 12.3 Å². The molecule has 2 atom stereocenters. The molecule has 2 aromatic rings. The van der Waals surface area contributed by atoms with E-state index in [0.29, 0.717) is 15.6 Å². The van der Waals surface area contributed by atoms with Crippen molar-refractivity contribution in [1.29, 1.82) is 0 Å². The van der Waals surface area contributed by atoms with Gasteiger partial charge in [0, 0.05) is 10.0 Å². The van der Waals surface area contributed by atoms with Crippen molar-refractivity contribution in [1.82, 2.24) is 10.0 Å². The topological polar surface area (TPSA) is 102 Å². The number of ether oxygens (including phenoxy) is 1. The van der Waals surface area contributed by atoms with E-state index in [1.54, 1.807) is 25.1 Å². The minimum Gasteiger partial charge on any atom is -0.449 e. The van der Waals surface area contributed by atoms with Crippen LogP contribution in [0.15, 0.2) is 47.4 Å². The highest BCUT2D eigenvalue weighted by molar-refractivity contribution is 7.89. The van der Waals surface area contributed by atoms with Crippen molar-refractivity contribution < 1.29 is 22.7 Å². The molecule has 2 aromatic carbocycles. The minimum absolute atomic E-state index is 0.0305. The first-order valence-electron chi connectivity index (χ1n) is 9.04. The predicted molar refractivity (Wildman–Crippen MR) is 118 cm³/mol. The third-order valence-corrected chi connectivity index (χ3v) is 6.15. The molecule has 7 nitrogen and oxygen atoms in total. The Morgan fingerprint density at radius 3 is 2.52 bits per heavy atom. The van der Waals surface area contributed by atoms with E-state index in [-0.39, 0.29) is 17.0 Å². The monoisotopic (exact) mass is 482 g/mol. The van der Waals surface area contributed by atoms with Crippen LogP contribution in [0.3, 0.4) is 0 Å². The summed E-state index contributed by atoms with van der Waals surface area (Å²) in [4.78, 5) is 24.7. The number of sulfonamides is 1. The van der Waals surface area contributed by atoms with Crippen molar-refractivity contribution in [2.45, 2.75) is 30.9 Å². The number of carbonyl (C=O) groups excluding carboxylic acids is 2. The van der Waals surface area contributed by atoms with E-state index in [2.05, 4.69) is 16.0 Å². The highest BCUT2D eigenvalue weighted by atomic mass is 35.5. The van der Waals surface area contributed by atoms with E-state index in [0.717, 1.165) is 6.07 Å². The highest BCUT2D eigenvalue weighted by Gasteiger charge is 2.23. The van der Waals surface area contributed by atoms with E-state index < -0.39 is 34.0 Å². The van der Waals surface area contributed by atoms with E-state index in [4.69, 9.17) is 34.4 Å². The predicted octanol–water partition coefficient (Wildman–Crippen LogP) is 3.33. The minimum atomic E-state index is -3.88. The lowest BCUT2D eigenvalue weighted by Crippen LogP contribution is -2.37. The van der Waals surface area contributed by atoms with Crippen LogP contribution in [-0.4, -0.2) is 32.9 Å². The molecule has 2 N–H and O–H groups in total. The first-order chi connectivity index (χ1) is 14.5. The number of esters is 1. The largest absolute Gasteiger partial charge is 0.449 e. The van der Waals surface area contributed by atoms with Gasteiger partial charge in [-0.05, 0) is 49.7 Å². The molecular formula is C21H20Cl2N2O5S. The van der Waals surface area contributed by atoms with Gasteiger partial charge < -0.3 is 10.1 Å². The van der Waals surface area contributed by atoms with Crippen molar-refractivity contribution in [3.63, 3.8) is 0 Å². The van der Waals surface area contributed by atoms with Gasteiger partial charge in [-0.2, -0.15) is 4.72 Å². The Kier molecular flexibility index (Phi) is 8.48. The first kappa shape index (κ1) is 24.7. The lowest BCUT2D eigenvalue weighted by Gasteiger charge is -2.19. The molecule has 164 valence electrons. The van der Waals surface area contributed by atoms with Crippen molar-refractivity contribution in [3.05, 3.63) is 63.6 Å². The molecule has 0 bridgehead atoms. The molecule has 10 heteroatoms. The van der Waals surface area contributed by atoms with Gasteiger partial charge >= 0.3 is 5.97 Å². The maximum absolute atomic E-state index is 12.4. The Bertz CT molecular complexity index is 1130. The number of nitrogens with one attached hydrogen (secondary N) is 2. The summed E-state index contributed by atoms with van der Waals surface area (Å²) < 4.78 is 31.7. The lowest BCUT2D eigenvalue weighted by atomic mass is 10.1. The van der Waals surface area contributed by atoms with Gasteiger partial charge in [0.25, 0.3) is 5.91 Å². The van der Waals surface area contributed by atoms with Gasteiger partial charge in [-0.25, -0.2) is 13.2 Å². The normalized spacial score (nSPS) is 13.0. The Morgan fingerprint density at radius 1 is 1.16 bits per heavy atom. The molecule has 2 rings (SSSR count). The molecule has 0 saturated heterocycles. The van der Waals surface area contributed by atoms with Gasteiger partial charge in [-0.15, -0.1) is 6.42 Å². The zero-order valence-corrected chi connectivity index (χ0v) is 19.0. The molecule has 0 saturated carbocycles. The van der Waals surface area contributed by atoms with Gasteiger partial charge in [0.15, 0.2) is 6.10 Å². The SMILES string of the molecule is C#CCNS(=O)(=O)c1cccc(C(=O)OC(C)C(=O)NC(C)c2ccc(Cl)cc2Cl)c1. The summed E-state index contributed by atoms with van der Waals surface area (Å²) in [5, 5.41) is 3.56. The van der Waals surface area contributed by atoms with Crippen LogP contribution >= 0.6 is 23.2 Å². The average molecular weight is 483 g/mol. The quantitative estimate of drug-likeness (QED) is 0.443. The summed E-state index contributed by atoms with van der Waals surface area (Å²) in [5.41, 5.74) is 0.618. The second kappa shape index (κ2) is 10.6. The Hall–Kier alpha value is -2.57. The van der Waals surface area contributed by atoms with Crippen LogP contribution < -0.4 is 10.0 Å². The maximum atomic E-state index is 12.4. The molecule has 0 aromatic heterocycles. The number of terminal acetylenes is 1. The molecule has 0 heterocycles. The Labute approximate surface area is 191 Å². The molecule has 2 unspecified atom stereocenters. The average Bonchev–Trinajstić information content (AvgIpc) is 2.72. The number of amides is 1. The highest BCUT2D eigenvalue weighted by Crippen LogP contribution is 2.26. The second-order valence-corrected chi connectivity index (χ2v) is 9.11. The van der Waals surface area contributed by atoms with Crippen LogP contribution in [0.4, 0.5) is 0 Å². The number of rotatable bonds is 8. The fraction of sp³-hybridized carbons (Fsp3) is 0.238. The summed E-state index contributed by atoms with van der Waals surface area (Å²) in [6, 6.07) is 9.64. The Morgan fingerprint density at radius 2 is 1.87 bits per heavy atom. The molecule has 0 fully saturated rings. The molecule has 31 heavy (non-hydrogen) atoms. The van der Waals surface area contributed by atoms with E-state index in [1.807, 2.05) is 0 Å². The lowest BCUT2D eigenvalue weighted by molar-refractivity contribution is -0.129. The van der Waals surface area contributed by atoms with Gasteiger partial charge in [-0.3, -0.25) is 4.79 Å². The number of carbonyl (C=O) groups is 2. The van der Waals surface area contributed by atoms with Crippen molar-refractivity contribution in [3.8, 4) is 12.3 Å². The number of halogens is 2. The van der Waals surface area contributed by atoms with Gasteiger partial charge in [0.2, 0.25) is 10.0 Å². The molecule has 1 amide bonds. The van der Waals surface area contributed by atoms with Crippen molar-refractivity contribution in [2.75, 3.05) is 6.54 Å². The van der Waals surface area contributed by atoms with Crippen molar-refractivity contribution >= 4 is 45.1 Å². The number of benzene rings is 2. The van der Waals surface area contributed by atoms with E-state index >= 15 is 0 Å². The summed E-state index contributed by atoms with van der Waals surface area (Å²) >= 11 is 12.0. The van der Waals surface area contributed by atoms with Crippen LogP contribution in [0.2, 0.25) is 10.0 Å². The zero-order valence-electron chi connectivity index (χ0n) is 16.7. The molecule has 0 radical (unpaired) electrons. The van der Waals surface area contributed by atoms with Crippen LogP contribution in [0.1, 0.15) is 35.8 Å². The summed E-state index contributed by atoms with van der Waals surface area (Å²) in [5.74, 6) is 0.759. The Balaban J connectivity index is 2.05. The van der Waals surface area contributed by atoms with E-state index in [9.17, 15) is 18.0 Å². The summed E-state index contributed by atoms with van der Waals surface area (Å²) in [6.07, 6.45) is 3.92. The zero-order chi connectivity index (χ0) is 23.2.